The zero-order valence-corrected chi connectivity index (χ0v) is 26.9. The predicted molar refractivity (Wildman–Crippen MR) is 171 cm³/mol. The number of cyclic esters (lactones) is 1. The van der Waals surface area contributed by atoms with Crippen LogP contribution in [0.5, 0.6) is 5.75 Å². The molecule has 1 fully saturated rings. The van der Waals surface area contributed by atoms with Gasteiger partial charge in [-0.3, -0.25) is 4.90 Å². The average Bonchev–Trinajstić information content (AvgIpc) is 3.64. The number of amides is 1. The van der Waals surface area contributed by atoms with E-state index >= 15 is 0 Å². The first kappa shape index (κ1) is 34.3. The predicted octanol–water partition coefficient (Wildman–Crippen LogP) is 8.71. The van der Waals surface area contributed by atoms with Crippen LogP contribution in [0.25, 0.3) is 22.3 Å². The Morgan fingerprint density at radius 2 is 1.54 bits per heavy atom. The molecule has 3 aromatic carbocycles. The zero-order chi connectivity index (χ0) is 36.3. The van der Waals surface area contributed by atoms with Gasteiger partial charge >= 0.3 is 24.4 Å². The fourth-order valence-electron chi connectivity index (χ4n) is 6.32. The van der Waals surface area contributed by atoms with Crippen LogP contribution in [0.3, 0.4) is 0 Å². The summed E-state index contributed by atoms with van der Waals surface area (Å²) in [6.07, 6.45) is -9.44. The standard InChI is InChI=1S/C36H29F6N3O5/c1-18-13-20(33(46)47)5-7-24(18)19-6-11-29(49-4)26(16-19)25-8-12-30(44(2)3)43-31(25)27-9-10-28-32(50-34(48)45(27)28)21-14-22(35(37,38)39)17-23(15-21)36(40,41)42/h5-17,27-28,32H,1-4H3,(H,46,47)/t27-,28-,32+/m0/s1. The summed E-state index contributed by atoms with van der Waals surface area (Å²) in [5, 5.41) is 9.42. The fourth-order valence-corrected chi connectivity index (χ4v) is 6.32. The molecule has 14 heteroatoms. The van der Waals surface area contributed by atoms with Crippen LogP contribution in [-0.2, 0) is 17.1 Å². The average molecular weight is 698 g/mol. The van der Waals surface area contributed by atoms with Crippen molar-refractivity contribution < 1.29 is 50.5 Å². The normalized spacial score (nSPS) is 18.6. The van der Waals surface area contributed by atoms with Crippen molar-refractivity contribution in [3.8, 4) is 28.0 Å². The monoisotopic (exact) mass is 697 g/mol. The number of ether oxygens (including phenoxy) is 2. The number of alkyl halides is 6. The second kappa shape index (κ2) is 12.4. The lowest BCUT2D eigenvalue weighted by Crippen LogP contribution is -2.32. The minimum atomic E-state index is -5.08. The van der Waals surface area contributed by atoms with Crippen molar-refractivity contribution in [2.75, 3.05) is 26.1 Å². The van der Waals surface area contributed by atoms with E-state index in [1.54, 1.807) is 62.3 Å². The van der Waals surface area contributed by atoms with Gasteiger partial charge in [-0.25, -0.2) is 14.6 Å². The summed E-state index contributed by atoms with van der Waals surface area (Å²) >= 11 is 0. The highest BCUT2D eigenvalue weighted by Crippen LogP contribution is 2.48. The van der Waals surface area contributed by atoms with Gasteiger partial charge in [-0.15, -0.1) is 0 Å². The van der Waals surface area contributed by atoms with Crippen molar-refractivity contribution in [1.82, 2.24) is 9.88 Å². The van der Waals surface area contributed by atoms with Crippen LogP contribution in [0, 0.1) is 6.92 Å². The third-order valence-electron chi connectivity index (χ3n) is 8.72. The molecule has 0 radical (unpaired) electrons. The first-order valence-electron chi connectivity index (χ1n) is 15.2. The van der Waals surface area contributed by atoms with Gasteiger partial charge in [0.25, 0.3) is 0 Å². The van der Waals surface area contributed by atoms with Gasteiger partial charge in [0.15, 0.2) is 6.10 Å². The molecule has 1 amide bonds. The number of aryl methyl sites for hydroxylation is 1. The number of pyridine rings is 1. The van der Waals surface area contributed by atoms with E-state index < -0.39 is 59.3 Å². The molecule has 0 saturated carbocycles. The van der Waals surface area contributed by atoms with Crippen molar-refractivity contribution in [2.45, 2.75) is 37.5 Å². The van der Waals surface area contributed by atoms with Crippen LogP contribution in [-0.4, -0.2) is 54.3 Å². The number of carbonyl (C=O) groups excluding carboxylic acids is 1. The number of hydrogen-bond donors (Lipinski definition) is 1. The third-order valence-corrected chi connectivity index (χ3v) is 8.72. The third kappa shape index (κ3) is 6.21. The molecule has 3 atom stereocenters. The maximum Gasteiger partial charge on any atom is 0.416 e. The summed E-state index contributed by atoms with van der Waals surface area (Å²) in [5.74, 6) is -0.114. The Hall–Kier alpha value is -5.53. The van der Waals surface area contributed by atoms with Crippen LogP contribution in [0.1, 0.15) is 50.5 Å². The van der Waals surface area contributed by atoms with Crippen LogP contribution < -0.4 is 9.64 Å². The second-order valence-electron chi connectivity index (χ2n) is 12.1. The van der Waals surface area contributed by atoms with Crippen LogP contribution in [0.2, 0.25) is 0 Å². The summed E-state index contributed by atoms with van der Waals surface area (Å²) in [6.45, 7) is 1.78. The van der Waals surface area contributed by atoms with E-state index in [9.17, 15) is 41.0 Å². The Morgan fingerprint density at radius 1 is 0.880 bits per heavy atom. The van der Waals surface area contributed by atoms with Gasteiger partial charge in [-0.1, -0.05) is 24.3 Å². The Labute approximate surface area is 282 Å². The molecule has 0 unspecified atom stereocenters. The summed E-state index contributed by atoms with van der Waals surface area (Å²) in [5.41, 5.74) is 0.269. The first-order chi connectivity index (χ1) is 23.5. The molecule has 0 bridgehead atoms. The molecular weight excluding hydrogens is 668 g/mol. The summed E-state index contributed by atoms with van der Waals surface area (Å²) in [4.78, 5) is 32.8. The van der Waals surface area contributed by atoms with Gasteiger partial charge in [-0.05, 0) is 83.8 Å². The highest BCUT2D eigenvalue weighted by Gasteiger charge is 2.50. The number of hydrogen-bond acceptors (Lipinski definition) is 6. The quantitative estimate of drug-likeness (QED) is 0.153. The number of fused-ring (bicyclic) bond motifs is 1. The molecule has 2 aliphatic heterocycles. The number of carboxylic acid groups (broad SMARTS) is 1. The van der Waals surface area contributed by atoms with Gasteiger partial charge < -0.3 is 19.5 Å². The van der Waals surface area contributed by atoms with Crippen molar-refractivity contribution in [1.29, 1.82) is 0 Å². The van der Waals surface area contributed by atoms with E-state index in [0.717, 1.165) is 11.1 Å². The molecule has 50 heavy (non-hydrogen) atoms. The number of aromatic nitrogens is 1. The summed E-state index contributed by atoms with van der Waals surface area (Å²) < 4.78 is 93.3. The number of halogens is 6. The Balaban J connectivity index is 1.45. The van der Waals surface area contributed by atoms with Gasteiger partial charge in [0.05, 0.1) is 41.6 Å². The van der Waals surface area contributed by atoms with Crippen molar-refractivity contribution in [3.63, 3.8) is 0 Å². The van der Waals surface area contributed by atoms with E-state index in [1.165, 1.54) is 24.2 Å². The largest absolute Gasteiger partial charge is 0.496 e. The van der Waals surface area contributed by atoms with Gasteiger partial charge in [0.2, 0.25) is 0 Å². The molecule has 1 N–H and O–H groups in total. The number of aromatic carboxylic acids is 1. The van der Waals surface area contributed by atoms with E-state index in [2.05, 4.69) is 0 Å². The molecule has 3 heterocycles. The van der Waals surface area contributed by atoms with Gasteiger partial charge in [0.1, 0.15) is 11.6 Å². The lowest BCUT2D eigenvalue weighted by Gasteiger charge is -2.26. The molecule has 6 rings (SSSR count). The molecule has 4 aromatic rings. The number of anilines is 1. The Kier molecular flexibility index (Phi) is 8.53. The minimum Gasteiger partial charge on any atom is -0.496 e. The Morgan fingerprint density at radius 3 is 2.12 bits per heavy atom. The highest BCUT2D eigenvalue weighted by atomic mass is 19.4. The second-order valence-corrected chi connectivity index (χ2v) is 12.1. The van der Waals surface area contributed by atoms with Gasteiger partial charge in [0, 0.05) is 25.2 Å². The van der Waals surface area contributed by atoms with E-state index in [4.69, 9.17) is 14.5 Å². The van der Waals surface area contributed by atoms with E-state index in [0.29, 0.717) is 46.1 Å². The molecular formula is C36H29F6N3O5. The smallest absolute Gasteiger partial charge is 0.416 e. The van der Waals surface area contributed by atoms with Crippen molar-refractivity contribution in [2.24, 2.45) is 0 Å². The number of carboxylic acids is 1. The maximum atomic E-state index is 13.7. The van der Waals surface area contributed by atoms with Crippen molar-refractivity contribution >= 4 is 17.9 Å². The lowest BCUT2D eigenvalue weighted by molar-refractivity contribution is -0.143. The van der Waals surface area contributed by atoms with Crippen LogP contribution >= 0.6 is 0 Å². The zero-order valence-electron chi connectivity index (χ0n) is 26.9. The number of rotatable bonds is 7. The molecule has 1 saturated heterocycles. The first-order valence-corrected chi connectivity index (χ1v) is 15.2. The molecule has 8 nitrogen and oxygen atoms in total. The van der Waals surface area contributed by atoms with Crippen molar-refractivity contribution in [3.05, 3.63) is 112 Å². The number of benzene rings is 3. The lowest BCUT2D eigenvalue weighted by atomic mass is 9.92. The molecule has 260 valence electrons. The molecule has 2 aliphatic rings. The molecule has 0 spiro atoms. The summed E-state index contributed by atoms with van der Waals surface area (Å²) in [6, 6.07) is 12.8. The summed E-state index contributed by atoms with van der Waals surface area (Å²) in [7, 11) is 5.00. The van der Waals surface area contributed by atoms with E-state index in [1.807, 2.05) is 12.1 Å². The maximum absolute atomic E-state index is 13.7. The highest BCUT2D eigenvalue weighted by molar-refractivity contribution is 5.89. The molecule has 0 aliphatic carbocycles. The molecule has 1 aromatic heterocycles. The van der Waals surface area contributed by atoms with Gasteiger partial charge in [-0.2, -0.15) is 26.3 Å². The van der Waals surface area contributed by atoms with E-state index in [-0.39, 0.29) is 11.6 Å². The number of methoxy groups -OCH3 is 1. The number of nitrogens with zero attached hydrogens (tertiary/aromatic N) is 3. The topological polar surface area (TPSA) is 92.2 Å². The fraction of sp³-hybridized carbons (Fsp3) is 0.250. The number of carbonyl (C=O) groups is 2. The van der Waals surface area contributed by atoms with Crippen LogP contribution in [0.15, 0.2) is 78.9 Å². The minimum absolute atomic E-state index is 0.0256. The van der Waals surface area contributed by atoms with Crippen LogP contribution in [0.4, 0.5) is 37.0 Å². The SMILES string of the molecule is COc1ccc(-c2ccc(C(=O)O)cc2C)cc1-c1ccc(N(C)C)nc1[C@@H]1C=C[C@H]2[C@@H](c3cc(C(F)(F)F)cc(C(F)(F)F)c3)OC(=O)N12. The Bertz CT molecular complexity index is 2010.